The fourth-order valence-corrected chi connectivity index (χ4v) is 4.65. The van der Waals surface area contributed by atoms with Crippen LogP contribution in [0.3, 0.4) is 0 Å². The second-order valence-electron chi connectivity index (χ2n) is 8.48. The summed E-state index contributed by atoms with van der Waals surface area (Å²) in [4.78, 5) is 26.4. The zero-order chi connectivity index (χ0) is 26.1. The van der Waals surface area contributed by atoms with Gasteiger partial charge in [0.25, 0.3) is 5.67 Å². The van der Waals surface area contributed by atoms with Crippen LogP contribution in [0.1, 0.15) is 35.8 Å². The van der Waals surface area contributed by atoms with Gasteiger partial charge in [-0.05, 0) is 35.7 Å². The number of hydrogen-bond donors (Lipinski definition) is 1. The minimum Gasteiger partial charge on any atom is -0.467 e. The van der Waals surface area contributed by atoms with Crippen molar-refractivity contribution in [2.75, 3.05) is 7.11 Å². The Bertz CT molecular complexity index is 1240. The Morgan fingerprint density at radius 2 is 1.44 bits per heavy atom. The van der Waals surface area contributed by atoms with Crippen molar-refractivity contribution in [3.63, 3.8) is 0 Å². The molecular weight excluding hydrogens is 495 g/mol. The molecule has 0 bridgehead atoms. The predicted octanol–water partition coefficient (Wildman–Crippen LogP) is 5.70. The van der Waals surface area contributed by atoms with Gasteiger partial charge in [0.05, 0.1) is 13.2 Å². The SMILES string of the molecule is COC(=O)[C@@]1(c2ccccc2)N[C@@H](c2ccc(Cl)cc2)[C@@](F)(C(=O)O[C@H](C)c2ccccc2)C1(F)F. The van der Waals surface area contributed by atoms with Crippen molar-refractivity contribution in [3.05, 3.63) is 107 Å². The molecular formula is C27H23ClF3NO4. The highest BCUT2D eigenvalue weighted by Crippen LogP contribution is 2.59. The number of esters is 2. The second-order valence-corrected chi connectivity index (χ2v) is 8.92. The highest BCUT2D eigenvalue weighted by molar-refractivity contribution is 6.30. The fraction of sp³-hybridized carbons (Fsp3) is 0.259. The van der Waals surface area contributed by atoms with Crippen LogP contribution in [-0.2, 0) is 24.6 Å². The highest BCUT2D eigenvalue weighted by atomic mass is 35.5. The second kappa shape index (κ2) is 9.59. The third kappa shape index (κ3) is 3.85. The third-order valence-electron chi connectivity index (χ3n) is 6.44. The molecule has 36 heavy (non-hydrogen) atoms. The van der Waals surface area contributed by atoms with Crippen molar-refractivity contribution >= 4 is 23.5 Å². The molecule has 1 heterocycles. The molecule has 1 saturated heterocycles. The summed E-state index contributed by atoms with van der Waals surface area (Å²) in [5.74, 6) is -7.93. The largest absolute Gasteiger partial charge is 0.467 e. The van der Waals surface area contributed by atoms with Gasteiger partial charge in [-0.2, -0.15) is 8.78 Å². The van der Waals surface area contributed by atoms with Gasteiger partial charge < -0.3 is 9.47 Å². The number of halogens is 4. The molecule has 188 valence electrons. The lowest BCUT2D eigenvalue weighted by molar-refractivity contribution is -0.206. The highest BCUT2D eigenvalue weighted by Gasteiger charge is 2.84. The van der Waals surface area contributed by atoms with Crippen molar-refractivity contribution in [3.8, 4) is 0 Å². The number of alkyl halides is 3. The first kappa shape index (κ1) is 25.7. The van der Waals surface area contributed by atoms with E-state index in [0.29, 0.717) is 5.56 Å². The number of benzene rings is 3. The molecule has 3 aromatic carbocycles. The number of methoxy groups -OCH3 is 1. The van der Waals surface area contributed by atoms with Crippen molar-refractivity contribution in [2.24, 2.45) is 0 Å². The van der Waals surface area contributed by atoms with E-state index in [1.165, 1.54) is 55.5 Å². The molecule has 1 fully saturated rings. The molecule has 0 unspecified atom stereocenters. The van der Waals surface area contributed by atoms with Crippen molar-refractivity contribution in [2.45, 2.75) is 36.2 Å². The summed E-state index contributed by atoms with van der Waals surface area (Å²) in [5.41, 5.74) is -6.86. The molecule has 0 amide bonds. The first-order chi connectivity index (χ1) is 17.1. The molecule has 9 heteroatoms. The third-order valence-corrected chi connectivity index (χ3v) is 6.69. The maximum absolute atomic E-state index is 17.0. The molecule has 5 nitrogen and oxygen atoms in total. The summed E-state index contributed by atoms with van der Waals surface area (Å²) in [5, 5.41) is 2.71. The smallest absolute Gasteiger partial charge is 0.353 e. The predicted molar refractivity (Wildman–Crippen MR) is 127 cm³/mol. The number of rotatable bonds is 6. The van der Waals surface area contributed by atoms with Gasteiger partial charge in [-0.15, -0.1) is 0 Å². The van der Waals surface area contributed by atoms with E-state index >= 15 is 13.2 Å². The Kier molecular flexibility index (Phi) is 6.86. The normalized spacial score (nSPS) is 25.7. The zero-order valence-electron chi connectivity index (χ0n) is 19.4. The van der Waals surface area contributed by atoms with Crippen LogP contribution in [-0.4, -0.2) is 30.6 Å². The summed E-state index contributed by atoms with van der Waals surface area (Å²) in [6.07, 6.45) is -1.04. The standard InChI is InChI=1S/C27H23ClF3NO4/c1-17(18-9-5-3-6-10-18)36-23(33)25(29)22(19-13-15-21(28)16-14-19)32-26(24(34)35-2,27(25,30)31)20-11-7-4-8-12-20/h3-17,22,32H,1-2H3/t17-,22+,25-,26-/m1/s1. The lowest BCUT2D eigenvalue weighted by atomic mass is 9.78. The molecule has 4 rings (SSSR count). The van der Waals surface area contributed by atoms with Crippen LogP contribution in [0.5, 0.6) is 0 Å². The van der Waals surface area contributed by atoms with Gasteiger partial charge in [0.2, 0.25) is 5.54 Å². The van der Waals surface area contributed by atoms with Crippen LogP contribution in [0.25, 0.3) is 0 Å². The van der Waals surface area contributed by atoms with E-state index < -0.39 is 41.2 Å². The molecule has 1 aliphatic heterocycles. The number of carbonyl (C=O) groups is 2. The van der Waals surface area contributed by atoms with Crippen LogP contribution < -0.4 is 5.32 Å². The van der Waals surface area contributed by atoms with Gasteiger partial charge in [-0.25, -0.2) is 14.0 Å². The van der Waals surface area contributed by atoms with E-state index in [4.69, 9.17) is 21.1 Å². The number of carbonyl (C=O) groups excluding carboxylic acids is 2. The summed E-state index contributed by atoms with van der Waals surface area (Å²) in [7, 11) is 0.913. The molecule has 4 atom stereocenters. The Balaban J connectivity index is 1.89. The fourth-order valence-electron chi connectivity index (χ4n) is 4.52. The van der Waals surface area contributed by atoms with Crippen LogP contribution >= 0.6 is 11.6 Å². The van der Waals surface area contributed by atoms with Crippen molar-refractivity contribution in [1.29, 1.82) is 0 Å². The quantitative estimate of drug-likeness (QED) is 0.425. The monoisotopic (exact) mass is 517 g/mol. The Morgan fingerprint density at radius 3 is 2.00 bits per heavy atom. The molecule has 0 spiro atoms. The lowest BCUT2D eigenvalue weighted by Gasteiger charge is -2.35. The van der Waals surface area contributed by atoms with Gasteiger partial charge in [0.15, 0.2) is 0 Å². The van der Waals surface area contributed by atoms with E-state index in [0.717, 1.165) is 7.11 Å². The topological polar surface area (TPSA) is 64.6 Å². The average molecular weight is 518 g/mol. The zero-order valence-corrected chi connectivity index (χ0v) is 20.1. The van der Waals surface area contributed by atoms with E-state index in [1.54, 1.807) is 36.4 Å². The van der Waals surface area contributed by atoms with E-state index in [-0.39, 0.29) is 16.1 Å². The minimum atomic E-state index is -4.65. The van der Waals surface area contributed by atoms with Gasteiger partial charge in [0.1, 0.15) is 6.10 Å². The number of nitrogens with one attached hydrogen (secondary N) is 1. The number of hydrogen-bond acceptors (Lipinski definition) is 5. The van der Waals surface area contributed by atoms with E-state index in [2.05, 4.69) is 5.32 Å². The molecule has 1 aliphatic rings. The van der Waals surface area contributed by atoms with E-state index in [1.807, 2.05) is 0 Å². The van der Waals surface area contributed by atoms with Crippen LogP contribution in [0.15, 0.2) is 84.9 Å². The van der Waals surface area contributed by atoms with Crippen LogP contribution in [0.2, 0.25) is 5.02 Å². The van der Waals surface area contributed by atoms with Crippen LogP contribution in [0.4, 0.5) is 13.2 Å². The Labute approximate surface area is 211 Å². The maximum atomic E-state index is 17.0. The number of ether oxygens (including phenoxy) is 2. The van der Waals surface area contributed by atoms with Gasteiger partial charge in [-0.1, -0.05) is 84.4 Å². The van der Waals surface area contributed by atoms with Crippen molar-refractivity contribution in [1.82, 2.24) is 5.32 Å². The molecule has 0 aliphatic carbocycles. The summed E-state index contributed by atoms with van der Waals surface area (Å²) < 4.78 is 59.9. The molecule has 0 radical (unpaired) electrons. The molecule has 3 aromatic rings. The Hall–Kier alpha value is -3.36. The molecule has 0 aromatic heterocycles. The summed E-state index contributed by atoms with van der Waals surface area (Å²) >= 11 is 5.94. The average Bonchev–Trinajstić information content (AvgIpc) is 3.09. The van der Waals surface area contributed by atoms with E-state index in [9.17, 15) is 9.59 Å². The molecule has 1 N–H and O–H groups in total. The van der Waals surface area contributed by atoms with Gasteiger partial charge >= 0.3 is 17.9 Å². The first-order valence-corrected chi connectivity index (χ1v) is 11.5. The van der Waals surface area contributed by atoms with Crippen molar-refractivity contribution < 1.29 is 32.2 Å². The minimum absolute atomic E-state index is 0.0346. The van der Waals surface area contributed by atoms with Gasteiger partial charge in [0, 0.05) is 5.02 Å². The summed E-state index contributed by atoms with van der Waals surface area (Å²) in [6, 6.07) is 18.5. The van der Waals surface area contributed by atoms with Gasteiger partial charge in [-0.3, -0.25) is 5.32 Å². The molecule has 0 saturated carbocycles. The first-order valence-electron chi connectivity index (χ1n) is 11.1. The lowest BCUT2D eigenvalue weighted by Crippen LogP contribution is -2.62. The summed E-state index contributed by atoms with van der Waals surface area (Å²) in [6.45, 7) is 1.44. The Morgan fingerprint density at radius 1 is 0.889 bits per heavy atom. The van der Waals surface area contributed by atoms with Crippen LogP contribution in [0, 0.1) is 0 Å². The maximum Gasteiger partial charge on any atom is 0.353 e.